The van der Waals surface area contributed by atoms with Gasteiger partial charge in [0.05, 0.1) is 80.2 Å². The highest BCUT2D eigenvalue weighted by atomic mass is 19.1. The molecule has 4 aliphatic heterocycles. The van der Waals surface area contributed by atoms with Gasteiger partial charge in [-0.25, -0.2) is 9.18 Å². The van der Waals surface area contributed by atoms with Crippen LogP contribution in [0, 0.1) is 29.5 Å². The number of fused-ring (bicyclic) bond motifs is 3. The van der Waals surface area contributed by atoms with Gasteiger partial charge in [0.15, 0.2) is 36.0 Å². The molecule has 1 aliphatic carbocycles. The predicted molar refractivity (Wildman–Crippen MR) is 277 cm³/mol. The maximum atomic E-state index is 15.6. The molecule has 2 aromatic rings. The molecule has 0 radical (unpaired) electrons. The van der Waals surface area contributed by atoms with Gasteiger partial charge in [-0.05, 0) is 80.5 Å². The highest BCUT2D eigenvalue weighted by Crippen LogP contribution is 2.46. The number of aromatic carboxylic acids is 1. The van der Waals surface area contributed by atoms with Crippen LogP contribution in [0.5, 0.6) is 5.75 Å². The Labute approximate surface area is 453 Å². The average molecular weight is 1110 g/mol. The van der Waals surface area contributed by atoms with Gasteiger partial charge < -0.3 is 82.6 Å². The molecule has 2 bridgehead atoms. The van der Waals surface area contributed by atoms with Gasteiger partial charge in [0.25, 0.3) is 0 Å². The first-order valence-electron chi connectivity index (χ1n) is 27.0. The zero-order chi connectivity index (χ0) is 57.3. The van der Waals surface area contributed by atoms with E-state index in [2.05, 4.69) is 5.32 Å². The number of esters is 2. The molecule has 4 fully saturated rings. The highest BCUT2D eigenvalue weighted by molar-refractivity contribution is 5.97. The third kappa shape index (κ3) is 12.7. The third-order valence-corrected chi connectivity index (χ3v) is 16.3. The Kier molecular flexibility index (Phi) is 19.4. The van der Waals surface area contributed by atoms with Crippen LogP contribution < -0.4 is 15.5 Å². The van der Waals surface area contributed by atoms with Gasteiger partial charge >= 0.3 is 17.9 Å². The molecule has 22 nitrogen and oxygen atoms in total. The number of carbonyl (C=O) groups excluding carboxylic acids is 3. The summed E-state index contributed by atoms with van der Waals surface area (Å²) in [7, 11) is 6.49. The van der Waals surface area contributed by atoms with Crippen LogP contribution in [0.1, 0.15) is 117 Å². The SMILES string of the molecule is CC/C1=C(\O)[C@H](O)[C@@H](C)C(=O)[C@@H]2CO[C@](C)(C2)[C@H](OC2O[C@H](C)C[C@H](N(C)C)[C@H]2O)[C@@H](C)[C@H](O[C@H]2C[C@@](C)(OC)[C@@H](OC(=O)CCOCCNc3c(F)cc4c(=O)c(C(=O)O)cn(C5CC5)c4c3OC)[C@H](C)O2)[C@@H](C)C(=O)O1. The number of carboxylic acids is 1. The Hall–Kier alpha value is -4.82. The number of carboxylic acid groups (broad SMARTS) is 1. The van der Waals surface area contributed by atoms with Crippen molar-refractivity contribution in [1.29, 1.82) is 0 Å². The summed E-state index contributed by atoms with van der Waals surface area (Å²) in [6.45, 7) is 13.6. The van der Waals surface area contributed by atoms with Crippen LogP contribution in [0.3, 0.4) is 0 Å². The van der Waals surface area contributed by atoms with Gasteiger partial charge in [-0.1, -0.05) is 20.8 Å². The zero-order valence-electron chi connectivity index (χ0n) is 46.8. The number of nitrogens with zero attached hydrogens (tertiary/aromatic N) is 2. The number of carbonyl (C=O) groups is 4. The monoisotopic (exact) mass is 1110 g/mol. The Morgan fingerprint density at radius 3 is 2.31 bits per heavy atom. The van der Waals surface area contributed by atoms with Crippen LogP contribution in [0.4, 0.5) is 10.1 Å². The van der Waals surface area contributed by atoms with Gasteiger partial charge in [0.2, 0.25) is 5.43 Å². The molecule has 3 saturated heterocycles. The van der Waals surface area contributed by atoms with Gasteiger partial charge in [0, 0.05) is 62.5 Å². The molecule has 1 unspecified atom stereocenters. The number of rotatable bonds is 18. The molecular weight excluding hydrogens is 1030 g/mol. The molecule has 1 saturated carbocycles. The molecule has 23 heteroatoms. The number of cyclic esters (lactones) is 1. The number of aliphatic hydroxyl groups excluding tert-OH is 3. The van der Waals surface area contributed by atoms with E-state index in [9.17, 15) is 44.4 Å². The lowest BCUT2D eigenvalue weighted by molar-refractivity contribution is -0.318. The van der Waals surface area contributed by atoms with Gasteiger partial charge in [-0.15, -0.1) is 0 Å². The van der Waals surface area contributed by atoms with Crippen molar-refractivity contribution >= 4 is 40.3 Å². The number of anilines is 1. The lowest BCUT2D eigenvalue weighted by Gasteiger charge is -2.49. The van der Waals surface area contributed by atoms with E-state index < -0.39 is 125 Å². The Balaban J connectivity index is 1.05. The van der Waals surface area contributed by atoms with Gasteiger partial charge in [-0.3, -0.25) is 19.2 Å². The fraction of sp³-hybridized carbons (Fsp3) is 0.727. The average Bonchev–Trinajstić information content (AvgIpc) is 4.25. The topological polar surface area (TPSA) is 279 Å². The van der Waals surface area contributed by atoms with Crippen LogP contribution in [0.15, 0.2) is 28.6 Å². The normalized spacial score (nSPS) is 36.1. The molecular formula is C55H80FN3O19. The van der Waals surface area contributed by atoms with Crippen LogP contribution in [0.25, 0.3) is 10.9 Å². The fourth-order valence-corrected chi connectivity index (χ4v) is 11.6. The van der Waals surface area contributed by atoms with Crippen LogP contribution >= 0.6 is 0 Å². The summed E-state index contributed by atoms with van der Waals surface area (Å²) in [5.74, 6) is -8.65. The number of ether oxygens (including phenoxy) is 10. The van der Waals surface area contributed by atoms with E-state index >= 15 is 4.39 Å². The molecule has 0 amide bonds. The largest absolute Gasteiger partial charge is 0.506 e. The number of aromatic nitrogens is 1. The number of Topliss-reactive ketones (excluding diaryl/α,β-unsaturated/α-hetero) is 1. The van der Waals surface area contributed by atoms with E-state index in [4.69, 9.17) is 47.4 Å². The van der Waals surface area contributed by atoms with Crippen molar-refractivity contribution in [3.05, 3.63) is 45.4 Å². The Morgan fingerprint density at radius 2 is 1.68 bits per heavy atom. The number of halogens is 1. The molecule has 5 heterocycles. The molecule has 7 rings (SSSR count). The number of hydrogen-bond acceptors (Lipinski definition) is 20. The molecule has 16 atom stereocenters. The second-order valence-corrected chi connectivity index (χ2v) is 22.3. The predicted octanol–water partition coefficient (Wildman–Crippen LogP) is 5.02. The second kappa shape index (κ2) is 24.9. The summed E-state index contributed by atoms with van der Waals surface area (Å²) in [5.41, 5.74) is -3.54. The molecule has 1 aromatic heterocycles. The van der Waals surface area contributed by atoms with Crippen molar-refractivity contribution < 1.29 is 91.4 Å². The second-order valence-electron chi connectivity index (χ2n) is 22.3. The first-order valence-corrected chi connectivity index (χ1v) is 27.0. The lowest BCUT2D eigenvalue weighted by atomic mass is 9.77. The summed E-state index contributed by atoms with van der Waals surface area (Å²) >= 11 is 0. The van der Waals surface area contributed by atoms with Crippen LogP contribution in [-0.2, 0) is 57.0 Å². The van der Waals surface area contributed by atoms with Crippen molar-refractivity contribution in [2.24, 2.45) is 23.7 Å². The van der Waals surface area contributed by atoms with Crippen LogP contribution in [-0.4, -0.2) is 181 Å². The summed E-state index contributed by atoms with van der Waals surface area (Å²) in [4.78, 5) is 68.7. The quantitative estimate of drug-likeness (QED) is 0.0968. The van der Waals surface area contributed by atoms with Gasteiger partial charge in [0.1, 0.15) is 40.6 Å². The lowest BCUT2D eigenvalue weighted by Crippen LogP contribution is -2.60. The van der Waals surface area contributed by atoms with E-state index in [1.807, 2.05) is 25.9 Å². The summed E-state index contributed by atoms with van der Waals surface area (Å²) < 4.78 is 79.4. The first kappa shape index (κ1) is 60.8. The van der Waals surface area contributed by atoms with Crippen molar-refractivity contribution in [3.8, 4) is 5.75 Å². The number of nitrogens with one attached hydrogen (secondary N) is 1. The Bertz CT molecular complexity index is 2610. The number of hydrogen-bond donors (Lipinski definition) is 5. The van der Waals surface area contributed by atoms with Crippen LogP contribution in [0.2, 0.25) is 0 Å². The highest BCUT2D eigenvalue weighted by Gasteiger charge is 2.56. The number of allylic oxidation sites excluding steroid dienone is 1. The number of pyridine rings is 1. The van der Waals surface area contributed by atoms with Crippen molar-refractivity contribution in [2.45, 2.75) is 179 Å². The standard InChI is InChI=1S/C55H80FN3O19/c1-13-37-46(65)43(62)27(3)42(61)31-22-55(8,72-25-31)49(78-53-45(64)36(58(9)10)20-26(2)73-53)28(4)47(29(5)52(68)75-37)77-39-23-54(7,70-12)50(30(6)74-39)76-38(60)16-18-71-19-17-57-40-35(56)21-33-41(48(40)69-11)59(32-14-15-32)24-34(44(33)63)51(66)67/h21,24,26-32,36,39,43,45,47,49-50,53,57,62,64-65H,13-20,22-23,25H2,1-12H3,(H,66,67)/b46-37+/t26-,27+,28+,29-,30+,31+,36+,39+,43-,45-,47+,49-,50+,53?,54-,55-/m1/s1. The molecule has 436 valence electrons. The zero-order valence-corrected chi connectivity index (χ0v) is 46.8. The van der Waals surface area contributed by atoms with Crippen molar-refractivity contribution in [1.82, 2.24) is 9.47 Å². The fourth-order valence-electron chi connectivity index (χ4n) is 11.6. The summed E-state index contributed by atoms with van der Waals surface area (Å²) in [5, 5.41) is 46.7. The number of aliphatic hydroxyl groups is 3. The Morgan fingerprint density at radius 1 is 0.974 bits per heavy atom. The number of methoxy groups -OCH3 is 2. The third-order valence-electron chi connectivity index (χ3n) is 16.3. The maximum Gasteiger partial charge on any atom is 0.341 e. The minimum atomic E-state index is -1.69. The number of ketones is 1. The van der Waals surface area contributed by atoms with E-state index in [1.54, 1.807) is 46.1 Å². The molecule has 5 aliphatic rings. The summed E-state index contributed by atoms with van der Waals surface area (Å²) in [6, 6.07) is 0.586. The minimum Gasteiger partial charge on any atom is -0.506 e. The van der Waals surface area contributed by atoms with E-state index in [0.29, 0.717) is 6.42 Å². The molecule has 78 heavy (non-hydrogen) atoms. The minimum absolute atomic E-state index is 0.00385. The van der Waals surface area contributed by atoms with E-state index in [1.165, 1.54) is 27.3 Å². The molecule has 0 spiro atoms. The van der Waals surface area contributed by atoms with Crippen molar-refractivity contribution in [2.75, 3.05) is 60.0 Å². The maximum absolute atomic E-state index is 15.6. The van der Waals surface area contributed by atoms with Gasteiger partial charge in [-0.2, -0.15) is 0 Å². The smallest absolute Gasteiger partial charge is 0.341 e. The number of likely N-dealkylation sites (N-methyl/N-ethyl adjacent to an activating group) is 1. The first-order chi connectivity index (χ1) is 36.8. The molecule has 5 N–H and O–H groups in total. The van der Waals surface area contributed by atoms with Crippen molar-refractivity contribution in [3.63, 3.8) is 0 Å². The van der Waals surface area contributed by atoms with E-state index in [0.717, 1.165) is 18.9 Å². The number of benzene rings is 1. The summed E-state index contributed by atoms with van der Waals surface area (Å²) in [6.07, 6.45) is -6.16. The van der Waals surface area contributed by atoms with E-state index in [-0.39, 0.29) is 104 Å². The molecule has 1 aromatic carbocycles.